The van der Waals surface area contributed by atoms with Crippen LogP contribution in [0.5, 0.6) is 5.75 Å². The molecule has 5 nitrogen and oxygen atoms in total. The number of ether oxygens (including phenoxy) is 1. The Balaban J connectivity index is 1.95. The normalized spacial score (nSPS) is 20.4. The quantitative estimate of drug-likeness (QED) is 0.806. The number of nitrogens with one attached hydrogen (secondary N) is 1. The summed E-state index contributed by atoms with van der Waals surface area (Å²) in [5, 5.41) is 2.58. The average molecular weight is 346 g/mol. The predicted octanol–water partition coefficient (Wildman–Crippen LogP) is 2.88. The van der Waals surface area contributed by atoms with Crippen molar-refractivity contribution in [2.75, 3.05) is 7.05 Å². The highest BCUT2D eigenvalue weighted by Crippen LogP contribution is 2.35. The van der Waals surface area contributed by atoms with Crippen LogP contribution in [-0.4, -0.2) is 41.9 Å². The van der Waals surface area contributed by atoms with E-state index in [4.69, 9.17) is 4.74 Å². The summed E-state index contributed by atoms with van der Waals surface area (Å²) in [7, 11) is 1.79. The number of amides is 2. The molecule has 1 aromatic carbocycles. The third-order valence-corrected chi connectivity index (χ3v) is 4.88. The van der Waals surface area contributed by atoms with Crippen LogP contribution >= 0.6 is 0 Å². The average Bonchev–Trinajstić information content (AvgIpc) is 2.48. The fourth-order valence-corrected chi connectivity index (χ4v) is 3.13. The Bertz CT molecular complexity index is 628. The molecule has 1 aromatic rings. The second-order valence-corrected chi connectivity index (χ2v) is 8.41. The molecule has 0 aromatic heterocycles. The van der Waals surface area contributed by atoms with Crippen molar-refractivity contribution < 1.29 is 14.3 Å². The number of likely N-dealkylation sites (N-methyl/N-ethyl adjacent to an activating group) is 1. The van der Waals surface area contributed by atoms with E-state index >= 15 is 0 Å². The van der Waals surface area contributed by atoms with Gasteiger partial charge in [0.25, 0.3) is 0 Å². The number of hydrogen-bond acceptors (Lipinski definition) is 3. The van der Waals surface area contributed by atoms with Gasteiger partial charge in [-0.2, -0.15) is 0 Å². The Morgan fingerprint density at radius 1 is 1.20 bits per heavy atom. The summed E-state index contributed by atoms with van der Waals surface area (Å²) in [4.78, 5) is 24.9. The van der Waals surface area contributed by atoms with Gasteiger partial charge in [0.15, 0.2) is 0 Å². The molecule has 25 heavy (non-hydrogen) atoms. The zero-order valence-electron chi connectivity index (χ0n) is 16.1. The summed E-state index contributed by atoms with van der Waals surface area (Å²) in [6, 6.07) is 8.29. The summed E-state index contributed by atoms with van der Waals surface area (Å²) >= 11 is 0. The molecule has 0 atom stereocenters. The second kappa shape index (κ2) is 7.06. The SMILES string of the molecule is CN(C(=O)C(C)(C)NC=O)[C@H]1C[C@@H](Oc2ccccc2C(C)(C)C)C1. The number of carbonyl (C=O) groups excluding carboxylic acids is 2. The molecule has 2 amide bonds. The molecule has 1 fully saturated rings. The monoisotopic (exact) mass is 346 g/mol. The lowest BCUT2D eigenvalue weighted by Crippen LogP contribution is -2.58. The molecule has 138 valence electrons. The third kappa shape index (κ3) is 4.33. The molecule has 2 rings (SSSR count). The van der Waals surface area contributed by atoms with E-state index in [2.05, 4.69) is 32.2 Å². The van der Waals surface area contributed by atoms with E-state index in [9.17, 15) is 9.59 Å². The minimum atomic E-state index is -0.888. The van der Waals surface area contributed by atoms with Crippen LogP contribution in [0.4, 0.5) is 0 Å². The molecule has 1 aliphatic carbocycles. The van der Waals surface area contributed by atoms with Crippen molar-refractivity contribution >= 4 is 12.3 Å². The maximum absolute atomic E-state index is 12.5. The molecule has 1 saturated carbocycles. The van der Waals surface area contributed by atoms with Crippen molar-refractivity contribution in [1.29, 1.82) is 0 Å². The van der Waals surface area contributed by atoms with Crippen LogP contribution in [0, 0.1) is 0 Å². The molecule has 0 heterocycles. The summed E-state index contributed by atoms with van der Waals surface area (Å²) in [5.41, 5.74) is 0.331. The highest BCUT2D eigenvalue weighted by molar-refractivity contribution is 5.87. The van der Waals surface area contributed by atoms with E-state index in [1.165, 1.54) is 5.56 Å². The summed E-state index contributed by atoms with van der Waals surface area (Å²) in [6.07, 6.45) is 2.29. The Hall–Kier alpha value is -2.04. The molecule has 5 heteroatoms. The minimum Gasteiger partial charge on any atom is -0.490 e. The fourth-order valence-electron chi connectivity index (χ4n) is 3.13. The minimum absolute atomic E-state index is 0.0248. The molecule has 0 spiro atoms. The van der Waals surface area contributed by atoms with Crippen molar-refractivity contribution in [3.63, 3.8) is 0 Å². The van der Waals surface area contributed by atoms with Gasteiger partial charge < -0.3 is 15.0 Å². The second-order valence-electron chi connectivity index (χ2n) is 8.41. The van der Waals surface area contributed by atoms with Gasteiger partial charge in [-0.25, -0.2) is 0 Å². The number of rotatable bonds is 6. The zero-order chi connectivity index (χ0) is 18.8. The molecule has 0 radical (unpaired) electrons. The van der Waals surface area contributed by atoms with Gasteiger partial charge in [0.1, 0.15) is 17.4 Å². The molecular weight excluding hydrogens is 316 g/mol. The first-order chi connectivity index (χ1) is 11.6. The van der Waals surface area contributed by atoms with Gasteiger partial charge >= 0.3 is 0 Å². The first kappa shape index (κ1) is 19.3. The number of para-hydroxylation sites is 1. The van der Waals surface area contributed by atoms with Crippen molar-refractivity contribution in [2.24, 2.45) is 0 Å². The topological polar surface area (TPSA) is 58.6 Å². The third-order valence-electron chi connectivity index (χ3n) is 4.88. The van der Waals surface area contributed by atoms with Gasteiger partial charge in [0, 0.05) is 25.9 Å². The Morgan fingerprint density at radius 3 is 2.36 bits per heavy atom. The number of hydrogen-bond donors (Lipinski definition) is 1. The van der Waals surface area contributed by atoms with Crippen LogP contribution in [0.2, 0.25) is 0 Å². The highest BCUT2D eigenvalue weighted by Gasteiger charge is 2.40. The number of nitrogens with zero attached hydrogens (tertiary/aromatic N) is 1. The van der Waals surface area contributed by atoms with Gasteiger partial charge in [-0.05, 0) is 30.9 Å². The van der Waals surface area contributed by atoms with Crippen molar-refractivity contribution in [1.82, 2.24) is 10.2 Å². The lowest BCUT2D eigenvalue weighted by Gasteiger charge is -2.43. The molecule has 1 N–H and O–H groups in total. The molecule has 0 aliphatic heterocycles. The van der Waals surface area contributed by atoms with Crippen molar-refractivity contribution in [3.05, 3.63) is 29.8 Å². The summed E-state index contributed by atoms with van der Waals surface area (Å²) < 4.78 is 6.19. The lowest BCUT2D eigenvalue weighted by atomic mass is 9.85. The standard InChI is InChI=1S/C20H30N2O3/c1-19(2,3)16-9-7-8-10-17(16)25-15-11-14(12-15)22(6)18(24)20(4,5)21-13-23/h7-10,13-15H,11-12H2,1-6H3,(H,21,23)/t14-,15+. The van der Waals surface area contributed by atoms with Gasteiger partial charge in [0.05, 0.1) is 0 Å². The summed E-state index contributed by atoms with van der Waals surface area (Å²) in [6.45, 7) is 9.95. The first-order valence-electron chi connectivity index (χ1n) is 8.81. The van der Waals surface area contributed by atoms with Gasteiger partial charge in [-0.1, -0.05) is 39.0 Å². The molecule has 0 unspecified atom stereocenters. The highest BCUT2D eigenvalue weighted by atomic mass is 16.5. The van der Waals surface area contributed by atoms with Crippen LogP contribution in [0.15, 0.2) is 24.3 Å². The Morgan fingerprint density at radius 2 is 1.80 bits per heavy atom. The van der Waals surface area contributed by atoms with Gasteiger partial charge in [-0.3, -0.25) is 9.59 Å². The van der Waals surface area contributed by atoms with Crippen LogP contribution in [0.1, 0.15) is 53.0 Å². The van der Waals surface area contributed by atoms with Crippen LogP contribution < -0.4 is 10.1 Å². The van der Waals surface area contributed by atoms with E-state index in [0.717, 1.165) is 18.6 Å². The van der Waals surface area contributed by atoms with Crippen LogP contribution in [0.3, 0.4) is 0 Å². The molecule has 0 bridgehead atoms. The van der Waals surface area contributed by atoms with E-state index in [-0.39, 0.29) is 23.5 Å². The van der Waals surface area contributed by atoms with Crippen LogP contribution in [0.25, 0.3) is 0 Å². The van der Waals surface area contributed by atoms with Gasteiger partial charge in [-0.15, -0.1) is 0 Å². The summed E-state index contributed by atoms with van der Waals surface area (Å²) in [5.74, 6) is 0.841. The fraction of sp³-hybridized carbons (Fsp3) is 0.600. The maximum Gasteiger partial charge on any atom is 0.247 e. The number of benzene rings is 1. The Kier molecular flexibility index (Phi) is 5.45. The number of carbonyl (C=O) groups is 2. The zero-order valence-corrected chi connectivity index (χ0v) is 16.1. The smallest absolute Gasteiger partial charge is 0.247 e. The van der Waals surface area contributed by atoms with E-state index in [1.54, 1.807) is 25.8 Å². The van der Waals surface area contributed by atoms with E-state index < -0.39 is 5.54 Å². The van der Waals surface area contributed by atoms with Crippen molar-refractivity contribution in [2.45, 2.75) is 70.6 Å². The molecular formula is C20H30N2O3. The lowest BCUT2D eigenvalue weighted by molar-refractivity contribution is -0.142. The first-order valence-corrected chi connectivity index (χ1v) is 8.81. The molecule has 0 saturated heterocycles. The molecule has 1 aliphatic rings. The van der Waals surface area contributed by atoms with Gasteiger partial charge in [0.2, 0.25) is 12.3 Å². The predicted molar refractivity (Wildman–Crippen MR) is 98.6 cm³/mol. The largest absolute Gasteiger partial charge is 0.490 e. The van der Waals surface area contributed by atoms with Crippen molar-refractivity contribution in [3.8, 4) is 5.75 Å². The Labute approximate surface area is 150 Å². The van der Waals surface area contributed by atoms with E-state index in [1.807, 2.05) is 18.2 Å². The maximum atomic E-state index is 12.5. The van der Waals surface area contributed by atoms with Crippen LogP contribution in [-0.2, 0) is 15.0 Å². The van der Waals surface area contributed by atoms with E-state index in [0.29, 0.717) is 6.41 Å².